The van der Waals surface area contributed by atoms with Gasteiger partial charge in [0.2, 0.25) is 0 Å². The predicted octanol–water partition coefficient (Wildman–Crippen LogP) is 1.80. The first-order valence-corrected chi connectivity index (χ1v) is 4.34. The molecule has 1 rings (SSSR count). The lowest BCUT2D eigenvalue weighted by Crippen LogP contribution is -2.18. The quantitative estimate of drug-likeness (QED) is 0.555. The fraction of sp³-hybridized carbons (Fsp3) is 0.429. The highest BCUT2D eigenvalue weighted by Gasteiger charge is 2.15. The minimum Gasteiger partial charge on any atom is -0.388 e. The van der Waals surface area contributed by atoms with Gasteiger partial charge in [0.1, 0.15) is 6.17 Å². The van der Waals surface area contributed by atoms with E-state index in [0.29, 0.717) is 0 Å². The molecule has 2 atom stereocenters. The molecule has 56 valence electrons. The molecule has 0 aliphatic heterocycles. The molecule has 0 amide bonds. The zero-order chi connectivity index (χ0) is 7.56. The molecule has 1 aliphatic rings. The summed E-state index contributed by atoms with van der Waals surface area (Å²) in [5.41, 5.74) is 0.994. The maximum atomic E-state index is 12.7. The van der Waals surface area contributed by atoms with Crippen LogP contribution in [0.5, 0.6) is 0 Å². The van der Waals surface area contributed by atoms with Gasteiger partial charge in [0.15, 0.2) is 0 Å². The van der Waals surface area contributed by atoms with Crippen molar-refractivity contribution in [2.45, 2.75) is 10.1 Å². The number of allylic oxidation sites excluding steroid dienone is 3. The van der Waals surface area contributed by atoms with Crippen molar-refractivity contribution in [3.63, 3.8) is 0 Å². The van der Waals surface area contributed by atoms with Crippen LogP contribution in [0.3, 0.4) is 0 Å². The van der Waals surface area contributed by atoms with Crippen molar-refractivity contribution in [2.75, 3.05) is 7.05 Å². The number of hydrogen-bond donors (Lipinski definition) is 1. The van der Waals surface area contributed by atoms with E-state index in [-0.39, 0.29) is 3.92 Å². The zero-order valence-electron chi connectivity index (χ0n) is 5.64. The van der Waals surface area contributed by atoms with Gasteiger partial charge < -0.3 is 5.32 Å². The summed E-state index contributed by atoms with van der Waals surface area (Å²) in [5.74, 6) is 0. The van der Waals surface area contributed by atoms with Gasteiger partial charge in [0.05, 0.1) is 3.92 Å². The van der Waals surface area contributed by atoms with E-state index in [1.165, 1.54) is 0 Å². The first-order chi connectivity index (χ1) is 4.74. The van der Waals surface area contributed by atoms with Gasteiger partial charge in [-0.2, -0.15) is 0 Å². The second-order valence-corrected chi connectivity index (χ2v) is 3.56. The number of hydrogen-bond acceptors (Lipinski definition) is 1. The van der Waals surface area contributed by atoms with E-state index < -0.39 is 6.17 Å². The molecule has 10 heavy (non-hydrogen) atoms. The maximum Gasteiger partial charge on any atom is 0.134 e. The minimum absolute atomic E-state index is 0.0231. The minimum atomic E-state index is -0.822. The summed E-state index contributed by atoms with van der Waals surface area (Å²) < 4.78 is 12.7. The monoisotopic (exact) mass is 253 g/mol. The molecule has 2 unspecified atom stereocenters. The third-order valence-electron chi connectivity index (χ3n) is 1.39. The molecular formula is C7H9FIN. The summed E-state index contributed by atoms with van der Waals surface area (Å²) in [4.78, 5) is 0. The number of rotatable bonds is 1. The van der Waals surface area contributed by atoms with E-state index in [0.717, 1.165) is 5.70 Å². The Bertz CT molecular complexity index is 176. The Balaban J connectivity index is 2.66. The highest BCUT2D eigenvalue weighted by atomic mass is 127. The molecule has 0 aromatic carbocycles. The summed E-state index contributed by atoms with van der Waals surface area (Å²) in [7, 11) is 1.83. The van der Waals surface area contributed by atoms with Crippen molar-refractivity contribution in [1.82, 2.24) is 5.32 Å². The second-order valence-electron chi connectivity index (χ2n) is 2.12. The average Bonchev–Trinajstić information content (AvgIpc) is 1.95. The Morgan fingerprint density at radius 2 is 2.40 bits per heavy atom. The fourth-order valence-corrected chi connectivity index (χ4v) is 1.41. The Kier molecular flexibility index (Phi) is 2.71. The van der Waals surface area contributed by atoms with Gasteiger partial charge in [-0.3, -0.25) is 0 Å². The summed E-state index contributed by atoms with van der Waals surface area (Å²) in [6.45, 7) is 0. The van der Waals surface area contributed by atoms with Crippen LogP contribution >= 0.6 is 22.6 Å². The third-order valence-corrected chi connectivity index (χ3v) is 2.44. The van der Waals surface area contributed by atoms with Gasteiger partial charge in [-0.1, -0.05) is 22.6 Å². The van der Waals surface area contributed by atoms with Crippen molar-refractivity contribution in [3.8, 4) is 0 Å². The third kappa shape index (κ3) is 1.71. The van der Waals surface area contributed by atoms with Crippen LogP contribution in [0.25, 0.3) is 0 Å². The molecule has 0 aromatic rings. The molecule has 3 heteroatoms. The highest BCUT2D eigenvalue weighted by molar-refractivity contribution is 14.1. The summed E-state index contributed by atoms with van der Waals surface area (Å²) >= 11 is 2.08. The highest BCUT2D eigenvalue weighted by Crippen LogP contribution is 2.19. The smallest absolute Gasteiger partial charge is 0.134 e. The summed E-state index contributed by atoms with van der Waals surface area (Å²) in [5, 5.41) is 2.96. The van der Waals surface area contributed by atoms with E-state index >= 15 is 0 Å². The van der Waals surface area contributed by atoms with E-state index in [4.69, 9.17) is 0 Å². The number of halogens is 2. The number of nitrogens with one attached hydrogen (secondary N) is 1. The molecule has 0 radical (unpaired) electrons. The van der Waals surface area contributed by atoms with Gasteiger partial charge >= 0.3 is 0 Å². The Morgan fingerprint density at radius 1 is 1.70 bits per heavy atom. The van der Waals surface area contributed by atoms with E-state index in [2.05, 4.69) is 27.9 Å². The Labute approximate surface area is 73.5 Å². The molecule has 0 saturated heterocycles. The zero-order valence-corrected chi connectivity index (χ0v) is 7.80. The van der Waals surface area contributed by atoms with Crippen molar-refractivity contribution >= 4 is 22.6 Å². The molecule has 0 fully saturated rings. The summed E-state index contributed by atoms with van der Waals surface area (Å²) in [6.07, 6.45) is 4.39. The molecule has 0 aromatic heterocycles. The number of likely N-dealkylation sites (N-methyl/N-ethyl adjacent to an activating group) is 1. The largest absolute Gasteiger partial charge is 0.388 e. The van der Waals surface area contributed by atoms with Crippen LogP contribution in [0.4, 0.5) is 4.39 Å². The van der Waals surface area contributed by atoms with Crippen LogP contribution in [0.2, 0.25) is 0 Å². The predicted molar refractivity (Wildman–Crippen MR) is 49.0 cm³/mol. The van der Waals surface area contributed by atoms with E-state index in [1.807, 2.05) is 13.1 Å². The van der Waals surface area contributed by atoms with Gasteiger partial charge in [-0.25, -0.2) is 4.39 Å². The van der Waals surface area contributed by atoms with Crippen LogP contribution < -0.4 is 5.32 Å². The summed E-state index contributed by atoms with van der Waals surface area (Å²) in [6, 6.07) is 0. The molecule has 0 bridgehead atoms. The molecule has 1 nitrogen and oxygen atoms in total. The molecule has 1 aliphatic carbocycles. The van der Waals surface area contributed by atoms with Crippen molar-refractivity contribution in [2.24, 2.45) is 0 Å². The van der Waals surface area contributed by atoms with Crippen LogP contribution in [-0.2, 0) is 0 Å². The first kappa shape index (κ1) is 8.04. The lowest BCUT2D eigenvalue weighted by atomic mass is 10.1. The normalized spacial score (nSPS) is 31.7. The first-order valence-electron chi connectivity index (χ1n) is 3.10. The van der Waals surface area contributed by atoms with Crippen LogP contribution in [0.1, 0.15) is 0 Å². The van der Waals surface area contributed by atoms with Crippen LogP contribution in [-0.4, -0.2) is 17.1 Å². The molecule has 0 saturated carbocycles. The maximum absolute atomic E-state index is 12.7. The molecule has 1 N–H and O–H groups in total. The average molecular weight is 253 g/mol. The van der Waals surface area contributed by atoms with E-state index in [9.17, 15) is 4.39 Å². The Hall–Kier alpha value is -0.0600. The topological polar surface area (TPSA) is 12.0 Å². The molecular weight excluding hydrogens is 244 g/mol. The van der Waals surface area contributed by atoms with E-state index in [1.54, 1.807) is 12.2 Å². The van der Waals surface area contributed by atoms with Gasteiger partial charge in [0, 0.05) is 12.7 Å². The van der Waals surface area contributed by atoms with Crippen molar-refractivity contribution in [1.29, 1.82) is 0 Å². The van der Waals surface area contributed by atoms with Crippen molar-refractivity contribution in [3.05, 3.63) is 23.9 Å². The van der Waals surface area contributed by atoms with Gasteiger partial charge in [0.25, 0.3) is 0 Å². The van der Waals surface area contributed by atoms with Crippen molar-refractivity contribution < 1.29 is 4.39 Å². The molecule has 0 spiro atoms. The molecule has 0 heterocycles. The second kappa shape index (κ2) is 3.37. The SMILES string of the molecule is CNC1=CC(I)C(F)C=C1. The number of alkyl halides is 2. The van der Waals surface area contributed by atoms with Gasteiger partial charge in [-0.15, -0.1) is 0 Å². The lowest BCUT2D eigenvalue weighted by molar-refractivity contribution is 0.413. The lowest BCUT2D eigenvalue weighted by Gasteiger charge is -2.14. The van der Waals surface area contributed by atoms with Crippen LogP contribution in [0.15, 0.2) is 23.9 Å². The van der Waals surface area contributed by atoms with Crippen LogP contribution in [0, 0.1) is 0 Å². The van der Waals surface area contributed by atoms with Gasteiger partial charge in [-0.05, 0) is 18.2 Å². The standard InChI is InChI=1S/C7H9FIN/c1-10-5-2-3-6(8)7(9)4-5/h2-4,6-7,10H,1H3. The Morgan fingerprint density at radius 3 is 2.90 bits per heavy atom. The fourth-order valence-electron chi connectivity index (χ4n) is 0.787.